The maximum Gasteiger partial charge on any atom is 0.158 e. The minimum absolute atomic E-state index is 0.181. The Morgan fingerprint density at radius 2 is 2.03 bits per heavy atom. The quantitative estimate of drug-likeness (QED) is 0.374. The average Bonchev–Trinajstić information content (AvgIpc) is 3.59. The number of rotatable bonds is 7. The second kappa shape index (κ2) is 9.09. The summed E-state index contributed by atoms with van der Waals surface area (Å²) >= 11 is 0. The van der Waals surface area contributed by atoms with Crippen molar-refractivity contribution in [3.8, 4) is 0 Å². The summed E-state index contributed by atoms with van der Waals surface area (Å²) in [7, 11) is 0. The fourth-order valence-corrected chi connectivity index (χ4v) is 5.00. The number of nitrogens with one attached hydrogen (secondary N) is 1. The van der Waals surface area contributed by atoms with Gasteiger partial charge in [-0.05, 0) is 66.9 Å². The van der Waals surface area contributed by atoms with Crippen LogP contribution in [0.2, 0.25) is 0 Å². The first-order valence-electron chi connectivity index (χ1n) is 11.8. The highest BCUT2D eigenvalue weighted by molar-refractivity contribution is 5.85. The Morgan fingerprint density at radius 3 is 2.91 bits per heavy atom. The van der Waals surface area contributed by atoms with Gasteiger partial charge in [-0.1, -0.05) is 12.1 Å². The van der Waals surface area contributed by atoms with Crippen LogP contribution in [0.1, 0.15) is 24.0 Å². The van der Waals surface area contributed by atoms with Gasteiger partial charge in [-0.15, -0.1) is 0 Å². The summed E-state index contributed by atoms with van der Waals surface area (Å²) in [4.78, 5) is 6.86. The minimum atomic E-state index is -0.247. The summed E-state index contributed by atoms with van der Waals surface area (Å²) in [6, 6.07) is 14.9. The Bertz CT molecular complexity index is 1490. The molecule has 1 aliphatic rings. The molecule has 2 aromatic carbocycles. The van der Waals surface area contributed by atoms with E-state index in [0.717, 1.165) is 65.0 Å². The number of aromatic nitrogens is 5. The number of halogens is 1. The van der Waals surface area contributed by atoms with Crippen LogP contribution in [0, 0.1) is 5.82 Å². The van der Waals surface area contributed by atoms with Gasteiger partial charge in [0.1, 0.15) is 17.7 Å². The molecule has 1 fully saturated rings. The van der Waals surface area contributed by atoms with E-state index in [9.17, 15) is 9.50 Å². The highest BCUT2D eigenvalue weighted by Gasteiger charge is 2.25. The lowest BCUT2D eigenvalue weighted by molar-refractivity contribution is 0.154. The number of aliphatic hydroxyl groups is 1. The van der Waals surface area contributed by atoms with Crippen LogP contribution in [0.5, 0.6) is 0 Å². The van der Waals surface area contributed by atoms with Crippen molar-refractivity contribution in [1.29, 1.82) is 0 Å². The molecular formula is C26H26FN7O. The van der Waals surface area contributed by atoms with E-state index in [-0.39, 0.29) is 18.5 Å². The zero-order valence-corrected chi connectivity index (χ0v) is 19.2. The number of aliphatic hydroxyl groups excluding tert-OH is 1. The molecule has 0 saturated carbocycles. The number of anilines is 2. The van der Waals surface area contributed by atoms with Crippen molar-refractivity contribution < 1.29 is 9.50 Å². The van der Waals surface area contributed by atoms with Crippen molar-refractivity contribution in [2.24, 2.45) is 0 Å². The first-order chi connectivity index (χ1) is 17.2. The van der Waals surface area contributed by atoms with Crippen LogP contribution >= 0.6 is 0 Å². The zero-order chi connectivity index (χ0) is 23.8. The molecule has 0 radical (unpaired) electrons. The maximum atomic E-state index is 13.6. The van der Waals surface area contributed by atoms with Crippen LogP contribution < -0.4 is 5.32 Å². The van der Waals surface area contributed by atoms with E-state index < -0.39 is 0 Å². The second-order valence-electron chi connectivity index (χ2n) is 9.02. The molecule has 0 unspecified atom stereocenters. The van der Waals surface area contributed by atoms with Crippen molar-refractivity contribution in [2.45, 2.75) is 32.0 Å². The van der Waals surface area contributed by atoms with Crippen LogP contribution in [-0.2, 0) is 13.1 Å². The number of likely N-dealkylation sites (tertiary alicyclic amines) is 1. The Morgan fingerprint density at radius 1 is 1.09 bits per heavy atom. The fourth-order valence-electron chi connectivity index (χ4n) is 5.00. The second-order valence-corrected chi connectivity index (χ2v) is 9.02. The molecule has 1 aliphatic heterocycles. The van der Waals surface area contributed by atoms with Gasteiger partial charge >= 0.3 is 0 Å². The molecule has 0 bridgehead atoms. The number of fused-ring (bicyclic) bond motifs is 2. The summed E-state index contributed by atoms with van der Waals surface area (Å²) in [6.45, 7) is 2.41. The van der Waals surface area contributed by atoms with Gasteiger partial charge in [-0.25, -0.2) is 13.9 Å². The van der Waals surface area contributed by atoms with Crippen molar-refractivity contribution >= 4 is 27.9 Å². The van der Waals surface area contributed by atoms with E-state index in [1.165, 1.54) is 12.1 Å². The number of hydrogen-bond donors (Lipinski definition) is 2. The van der Waals surface area contributed by atoms with Crippen LogP contribution in [0.4, 0.5) is 15.9 Å². The Hall–Kier alpha value is -3.82. The van der Waals surface area contributed by atoms with Crippen LogP contribution in [0.25, 0.3) is 16.4 Å². The molecular weight excluding hydrogens is 445 g/mol. The Labute approximate surface area is 201 Å². The molecule has 3 aromatic heterocycles. The van der Waals surface area contributed by atoms with E-state index in [1.54, 1.807) is 12.4 Å². The van der Waals surface area contributed by atoms with Gasteiger partial charge in [-0.2, -0.15) is 10.2 Å². The molecule has 8 nitrogen and oxygen atoms in total. The number of hydrogen-bond acceptors (Lipinski definition) is 6. The minimum Gasteiger partial charge on any atom is -0.395 e. The summed E-state index contributed by atoms with van der Waals surface area (Å²) in [5.41, 5.74) is 4.78. The SMILES string of the molecule is OC[C@H]1CCCN1Cc1ccn2ncnc(Nc3ccc4c(cnn4Cc4cccc(F)c4)c3)c12. The molecule has 1 saturated heterocycles. The highest BCUT2D eigenvalue weighted by atomic mass is 19.1. The van der Waals surface area contributed by atoms with Crippen LogP contribution in [0.3, 0.4) is 0 Å². The van der Waals surface area contributed by atoms with E-state index >= 15 is 0 Å². The van der Waals surface area contributed by atoms with E-state index in [2.05, 4.69) is 31.5 Å². The van der Waals surface area contributed by atoms with Gasteiger partial charge in [0.25, 0.3) is 0 Å². The van der Waals surface area contributed by atoms with Gasteiger partial charge in [0, 0.05) is 29.9 Å². The van der Waals surface area contributed by atoms with E-state index in [1.807, 2.05) is 45.9 Å². The monoisotopic (exact) mass is 471 g/mol. The Kier molecular flexibility index (Phi) is 5.63. The lowest BCUT2D eigenvalue weighted by atomic mass is 10.2. The van der Waals surface area contributed by atoms with Gasteiger partial charge in [0.05, 0.1) is 24.9 Å². The van der Waals surface area contributed by atoms with Crippen molar-refractivity contribution in [3.63, 3.8) is 0 Å². The van der Waals surface area contributed by atoms with Gasteiger partial charge in [-0.3, -0.25) is 9.58 Å². The molecule has 0 amide bonds. The highest BCUT2D eigenvalue weighted by Crippen LogP contribution is 2.28. The third-order valence-corrected chi connectivity index (χ3v) is 6.75. The molecule has 0 aliphatic carbocycles. The molecule has 5 aromatic rings. The Balaban J connectivity index is 1.27. The predicted octanol–water partition coefficient (Wildman–Crippen LogP) is 3.97. The standard InChI is InChI=1S/C26H26FN7O/c27-21-4-1-3-18(11-21)14-34-24-7-6-22(12-20(24)13-29-34)31-26-25-19(8-10-33(25)30-17-28-26)15-32-9-2-5-23(32)16-35/h1,3-4,6-8,10-13,17,23,35H,2,5,9,14-16H2,(H,28,30,31)/t23-/m1/s1. The third-order valence-electron chi connectivity index (χ3n) is 6.75. The lowest BCUT2D eigenvalue weighted by Crippen LogP contribution is -2.31. The van der Waals surface area contributed by atoms with Gasteiger partial charge < -0.3 is 10.4 Å². The third kappa shape index (κ3) is 4.24. The largest absolute Gasteiger partial charge is 0.395 e. The number of nitrogens with zero attached hydrogens (tertiary/aromatic N) is 6. The zero-order valence-electron chi connectivity index (χ0n) is 19.2. The summed E-state index contributed by atoms with van der Waals surface area (Å²) in [5, 5.41) is 23.0. The maximum absolute atomic E-state index is 13.6. The first kappa shape index (κ1) is 21.7. The fraction of sp³-hybridized carbons (Fsp3) is 0.269. The predicted molar refractivity (Wildman–Crippen MR) is 132 cm³/mol. The normalized spacial score (nSPS) is 16.5. The van der Waals surface area contributed by atoms with Crippen molar-refractivity contribution in [2.75, 3.05) is 18.5 Å². The first-order valence-corrected chi connectivity index (χ1v) is 11.8. The van der Waals surface area contributed by atoms with Crippen molar-refractivity contribution in [1.82, 2.24) is 29.3 Å². The molecule has 0 spiro atoms. The smallest absolute Gasteiger partial charge is 0.158 e. The van der Waals surface area contributed by atoms with Crippen molar-refractivity contribution in [3.05, 3.63) is 84.2 Å². The summed E-state index contributed by atoms with van der Waals surface area (Å²) in [6.07, 6.45) is 7.44. The molecule has 1 atom stereocenters. The van der Waals surface area contributed by atoms with E-state index in [4.69, 9.17) is 0 Å². The molecule has 6 rings (SSSR count). The molecule has 9 heteroatoms. The number of benzene rings is 2. The topological polar surface area (TPSA) is 83.5 Å². The molecule has 35 heavy (non-hydrogen) atoms. The summed E-state index contributed by atoms with van der Waals surface area (Å²) < 4.78 is 17.3. The van der Waals surface area contributed by atoms with E-state index in [0.29, 0.717) is 6.54 Å². The van der Waals surface area contributed by atoms with Gasteiger partial charge in [0.2, 0.25) is 0 Å². The lowest BCUT2D eigenvalue weighted by Gasteiger charge is -2.22. The van der Waals surface area contributed by atoms with Gasteiger partial charge in [0.15, 0.2) is 5.82 Å². The van der Waals surface area contributed by atoms with Crippen LogP contribution in [-0.4, -0.2) is 53.6 Å². The summed E-state index contributed by atoms with van der Waals surface area (Å²) in [5.74, 6) is 0.481. The molecule has 2 N–H and O–H groups in total. The molecule has 178 valence electrons. The molecule has 4 heterocycles. The van der Waals surface area contributed by atoms with Crippen LogP contribution in [0.15, 0.2) is 67.3 Å². The average molecular weight is 472 g/mol.